The van der Waals surface area contributed by atoms with Crippen molar-refractivity contribution in [2.45, 2.75) is 31.7 Å². The molecule has 5 nitrogen and oxygen atoms in total. The van der Waals surface area contributed by atoms with Crippen LogP contribution in [0.2, 0.25) is 5.02 Å². The number of amides is 1. The minimum atomic E-state index is -0.00728. The first-order valence-corrected chi connectivity index (χ1v) is 9.91. The third-order valence-corrected chi connectivity index (χ3v) is 5.39. The van der Waals surface area contributed by atoms with Gasteiger partial charge in [-0.15, -0.1) is 0 Å². The van der Waals surface area contributed by atoms with E-state index in [2.05, 4.69) is 15.5 Å². The molecule has 2 aromatic heterocycles. The molecule has 1 aromatic carbocycles. The molecular formula is C19H18ClN3O2S. The first-order valence-electron chi connectivity index (χ1n) is 8.59. The Morgan fingerprint density at radius 2 is 2.12 bits per heavy atom. The Bertz CT molecular complexity index is 873. The van der Waals surface area contributed by atoms with Gasteiger partial charge in [-0.2, -0.15) is 16.3 Å². The predicted octanol–water partition coefficient (Wildman–Crippen LogP) is 4.65. The summed E-state index contributed by atoms with van der Waals surface area (Å²) < 4.78 is 5.25. The number of carbonyl (C=O) groups is 1. The normalized spacial score (nSPS) is 15.0. The number of halogens is 1. The number of nitrogens with one attached hydrogen (secondary N) is 1. The molecule has 134 valence electrons. The second kappa shape index (κ2) is 7.60. The molecule has 1 unspecified atom stereocenters. The van der Waals surface area contributed by atoms with Crippen molar-refractivity contribution < 1.29 is 9.32 Å². The summed E-state index contributed by atoms with van der Waals surface area (Å²) in [5, 5.41) is 11.8. The van der Waals surface area contributed by atoms with Crippen LogP contribution in [0.25, 0.3) is 11.4 Å². The van der Waals surface area contributed by atoms with Crippen LogP contribution in [0, 0.1) is 5.92 Å². The number of aromatic nitrogens is 2. The lowest BCUT2D eigenvalue weighted by molar-refractivity contribution is -0.122. The largest absolute Gasteiger partial charge is 0.349 e. The van der Waals surface area contributed by atoms with Gasteiger partial charge in [0.15, 0.2) is 0 Å². The Balaban J connectivity index is 1.35. The Morgan fingerprint density at radius 3 is 2.81 bits per heavy atom. The first-order chi connectivity index (χ1) is 12.7. The van der Waals surface area contributed by atoms with Crippen molar-refractivity contribution in [1.29, 1.82) is 0 Å². The van der Waals surface area contributed by atoms with Crippen molar-refractivity contribution in [1.82, 2.24) is 15.5 Å². The maximum atomic E-state index is 12.4. The molecule has 1 N–H and O–H groups in total. The monoisotopic (exact) mass is 387 g/mol. The van der Waals surface area contributed by atoms with Crippen LogP contribution < -0.4 is 5.32 Å². The number of thiophene rings is 1. The van der Waals surface area contributed by atoms with Crippen LogP contribution in [0.1, 0.15) is 36.8 Å². The zero-order chi connectivity index (χ0) is 17.9. The molecule has 1 amide bonds. The SMILES string of the molecule is O=C(CCc1nc(-c2ccsc2)no1)NC(c1ccc(Cl)cc1)C1CC1. The van der Waals surface area contributed by atoms with Crippen LogP contribution >= 0.6 is 22.9 Å². The van der Waals surface area contributed by atoms with Crippen LogP contribution in [-0.2, 0) is 11.2 Å². The molecule has 0 aliphatic heterocycles. The molecule has 1 saturated carbocycles. The summed E-state index contributed by atoms with van der Waals surface area (Å²) in [6, 6.07) is 9.68. The van der Waals surface area contributed by atoms with Gasteiger partial charge in [0, 0.05) is 28.8 Å². The predicted molar refractivity (Wildman–Crippen MR) is 101 cm³/mol. The minimum Gasteiger partial charge on any atom is -0.349 e. The highest BCUT2D eigenvalue weighted by atomic mass is 35.5. The van der Waals surface area contributed by atoms with E-state index >= 15 is 0 Å². The molecule has 0 bridgehead atoms. The summed E-state index contributed by atoms with van der Waals surface area (Å²) in [6.45, 7) is 0. The number of aryl methyl sites for hydroxylation is 1. The molecule has 1 fully saturated rings. The highest BCUT2D eigenvalue weighted by Gasteiger charge is 2.33. The van der Waals surface area contributed by atoms with Gasteiger partial charge in [0.05, 0.1) is 6.04 Å². The molecule has 2 heterocycles. The highest BCUT2D eigenvalue weighted by molar-refractivity contribution is 7.08. The molecule has 26 heavy (non-hydrogen) atoms. The van der Waals surface area contributed by atoms with Crippen molar-refractivity contribution in [3.8, 4) is 11.4 Å². The summed E-state index contributed by atoms with van der Waals surface area (Å²) in [5.74, 6) is 1.55. The van der Waals surface area contributed by atoms with Gasteiger partial charge in [0.1, 0.15) is 0 Å². The van der Waals surface area contributed by atoms with Crippen molar-refractivity contribution in [3.05, 3.63) is 57.6 Å². The Morgan fingerprint density at radius 1 is 1.31 bits per heavy atom. The van der Waals surface area contributed by atoms with Gasteiger partial charge < -0.3 is 9.84 Å². The fourth-order valence-electron chi connectivity index (χ4n) is 2.90. The Hall–Kier alpha value is -2.18. The van der Waals surface area contributed by atoms with Crippen molar-refractivity contribution >= 4 is 28.8 Å². The summed E-state index contributed by atoms with van der Waals surface area (Å²) in [7, 11) is 0. The molecule has 3 aromatic rings. The number of nitrogens with zero attached hydrogens (tertiary/aromatic N) is 2. The lowest BCUT2D eigenvalue weighted by atomic mass is 10.0. The Labute approximate surface area is 160 Å². The second-order valence-corrected chi connectivity index (χ2v) is 7.67. The molecule has 1 aliphatic rings. The fourth-order valence-corrected chi connectivity index (χ4v) is 3.66. The topological polar surface area (TPSA) is 68.0 Å². The van der Waals surface area contributed by atoms with E-state index < -0.39 is 0 Å². The highest BCUT2D eigenvalue weighted by Crippen LogP contribution is 2.41. The standard InChI is InChI=1S/C19H18ClN3O2S/c20-15-5-3-13(4-6-15)18(12-1-2-12)21-16(24)7-8-17-22-19(23-25-17)14-9-10-26-11-14/h3-6,9-12,18H,1-2,7-8H2,(H,21,24). The zero-order valence-corrected chi connectivity index (χ0v) is 15.6. The van der Waals surface area contributed by atoms with E-state index in [4.69, 9.17) is 16.1 Å². The van der Waals surface area contributed by atoms with Crippen molar-refractivity contribution in [3.63, 3.8) is 0 Å². The lowest BCUT2D eigenvalue weighted by Gasteiger charge is -2.18. The van der Waals surface area contributed by atoms with Crippen LogP contribution in [0.15, 0.2) is 45.6 Å². The zero-order valence-electron chi connectivity index (χ0n) is 14.0. The van der Waals surface area contributed by atoms with Gasteiger partial charge in [0.25, 0.3) is 0 Å². The molecule has 0 spiro atoms. The van der Waals surface area contributed by atoms with Gasteiger partial charge in [0.2, 0.25) is 17.6 Å². The average Bonchev–Trinajstić information content (AvgIpc) is 3.14. The number of benzene rings is 1. The van der Waals surface area contributed by atoms with Crippen LogP contribution in [0.4, 0.5) is 0 Å². The molecule has 0 radical (unpaired) electrons. The molecule has 4 rings (SSSR count). The summed E-state index contributed by atoms with van der Waals surface area (Å²) >= 11 is 7.55. The van der Waals surface area contributed by atoms with Crippen LogP contribution in [0.3, 0.4) is 0 Å². The van der Waals surface area contributed by atoms with E-state index in [1.165, 1.54) is 0 Å². The Kier molecular flexibility index (Phi) is 5.04. The first kappa shape index (κ1) is 17.2. The van der Waals surface area contributed by atoms with Crippen molar-refractivity contribution in [2.24, 2.45) is 5.92 Å². The number of rotatable bonds is 7. The van der Waals surface area contributed by atoms with E-state index in [-0.39, 0.29) is 11.9 Å². The quantitative estimate of drug-likeness (QED) is 0.640. The van der Waals surface area contributed by atoms with Gasteiger partial charge in [-0.3, -0.25) is 4.79 Å². The maximum Gasteiger partial charge on any atom is 0.227 e. The van der Waals surface area contributed by atoms with E-state index in [1.54, 1.807) is 11.3 Å². The van der Waals surface area contributed by atoms with E-state index in [0.717, 1.165) is 24.0 Å². The van der Waals surface area contributed by atoms with Gasteiger partial charge in [-0.1, -0.05) is 28.9 Å². The average molecular weight is 388 g/mol. The molecular weight excluding hydrogens is 370 g/mol. The van der Waals surface area contributed by atoms with Gasteiger partial charge in [-0.05, 0) is 47.9 Å². The second-order valence-electron chi connectivity index (χ2n) is 6.46. The summed E-state index contributed by atoms with van der Waals surface area (Å²) in [6.07, 6.45) is 3.03. The van der Waals surface area contributed by atoms with Gasteiger partial charge >= 0.3 is 0 Å². The smallest absolute Gasteiger partial charge is 0.227 e. The van der Waals surface area contributed by atoms with E-state index in [1.807, 2.05) is 41.1 Å². The molecule has 7 heteroatoms. The minimum absolute atomic E-state index is 0.00728. The molecule has 1 atom stereocenters. The number of carbonyl (C=O) groups excluding carboxylic acids is 1. The van der Waals surface area contributed by atoms with E-state index in [9.17, 15) is 4.79 Å². The maximum absolute atomic E-state index is 12.4. The van der Waals surface area contributed by atoms with E-state index in [0.29, 0.717) is 35.5 Å². The molecule has 1 aliphatic carbocycles. The van der Waals surface area contributed by atoms with Gasteiger partial charge in [-0.25, -0.2) is 0 Å². The third-order valence-electron chi connectivity index (χ3n) is 4.45. The summed E-state index contributed by atoms with van der Waals surface area (Å²) in [4.78, 5) is 16.8. The van der Waals surface area contributed by atoms with Crippen LogP contribution in [-0.4, -0.2) is 16.0 Å². The van der Waals surface area contributed by atoms with Crippen LogP contribution in [0.5, 0.6) is 0 Å². The number of hydrogen-bond donors (Lipinski definition) is 1. The number of hydrogen-bond acceptors (Lipinski definition) is 5. The molecule has 0 saturated heterocycles. The summed E-state index contributed by atoms with van der Waals surface area (Å²) in [5.41, 5.74) is 2.04. The van der Waals surface area contributed by atoms with Crippen molar-refractivity contribution in [2.75, 3.05) is 0 Å². The third kappa shape index (κ3) is 4.14. The fraction of sp³-hybridized carbons (Fsp3) is 0.316. The lowest BCUT2D eigenvalue weighted by Crippen LogP contribution is -2.30.